The summed E-state index contributed by atoms with van der Waals surface area (Å²) in [5, 5.41) is 28.7. The van der Waals surface area contributed by atoms with Crippen molar-refractivity contribution in [3.8, 4) is 0 Å². The molecule has 0 aliphatic rings. The zero-order valence-corrected chi connectivity index (χ0v) is 14.5. The topological polar surface area (TPSA) is 138 Å². The van der Waals surface area contributed by atoms with Gasteiger partial charge in [-0.25, -0.2) is 8.42 Å². The lowest BCUT2D eigenvalue weighted by Gasteiger charge is -2.27. The molecular weight excluding hydrogens is 364 g/mol. The van der Waals surface area contributed by atoms with E-state index in [2.05, 4.69) is 0 Å². The second-order valence-corrected chi connectivity index (χ2v) is 7.38. The number of benzene rings is 1. The second-order valence-electron chi connectivity index (χ2n) is 5.11. The molecule has 0 fully saturated rings. The molecule has 0 heterocycles. The molecule has 0 aliphatic heterocycles. The van der Waals surface area contributed by atoms with E-state index in [1.165, 1.54) is 13.8 Å². The summed E-state index contributed by atoms with van der Waals surface area (Å²) in [7, 11) is -4.34. The predicted molar refractivity (Wildman–Crippen MR) is 85.5 cm³/mol. The molecule has 24 heavy (non-hydrogen) atoms. The zero-order valence-electron chi connectivity index (χ0n) is 13.0. The van der Waals surface area contributed by atoms with Crippen LogP contribution in [-0.4, -0.2) is 53.0 Å². The molecule has 0 bridgehead atoms. The number of rotatable bonds is 8. The maximum absolute atomic E-state index is 12.8. The van der Waals surface area contributed by atoms with E-state index in [9.17, 15) is 23.3 Å². The van der Waals surface area contributed by atoms with Crippen LogP contribution in [0.4, 0.5) is 5.69 Å². The number of aryl methyl sites for hydroxylation is 1. The minimum Gasteiger partial charge on any atom is -0.481 e. The summed E-state index contributed by atoms with van der Waals surface area (Å²) in [4.78, 5) is 20.6. The lowest BCUT2D eigenvalue weighted by Crippen LogP contribution is -2.41. The van der Waals surface area contributed by atoms with Crippen LogP contribution in [0.1, 0.15) is 18.9 Å². The first-order valence-electron chi connectivity index (χ1n) is 6.81. The van der Waals surface area contributed by atoms with Gasteiger partial charge in [0, 0.05) is 24.2 Å². The summed E-state index contributed by atoms with van der Waals surface area (Å²) in [6.45, 7) is 1.86. The second kappa shape index (κ2) is 7.88. The molecule has 1 unspecified atom stereocenters. The smallest absolute Gasteiger partial charge is 0.304 e. The van der Waals surface area contributed by atoms with Gasteiger partial charge in [-0.2, -0.15) is 4.31 Å². The van der Waals surface area contributed by atoms with Crippen LogP contribution in [0.25, 0.3) is 0 Å². The highest BCUT2D eigenvalue weighted by Crippen LogP contribution is 2.32. The van der Waals surface area contributed by atoms with Crippen molar-refractivity contribution in [1.82, 2.24) is 4.31 Å². The van der Waals surface area contributed by atoms with Gasteiger partial charge in [0.05, 0.1) is 23.0 Å². The molecule has 11 heteroatoms. The number of aliphatic carboxylic acids is 1. The van der Waals surface area contributed by atoms with Crippen LogP contribution in [0.5, 0.6) is 0 Å². The van der Waals surface area contributed by atoms with Gasteiger partial charge >= 0.3 is 5.97 Å². The molecule has 0 saturated carbocycles. The highest BCUT2D eigenvalue weighted by atomic mass is 35.5. The van der Waals surface area contributed by atoms with Crippen molar-refractivity contribution >= 4 is 33.3 Å². The Hall–Kier alpha value is -1.75. The Morgan fingerprint density at radius 3 is 2.50 bits per heavy atom. The van der Waals surface area contributed by atoms with Crippen molar-refractivity contribution < 1.29 is 28.3 Å². The Morgan fingerprint density at radius 2 is 2.04 bits per heavy atom. The third-order valence-electron chi connectivity index (χ3n) is 3.32. The Bertz CT molecular complexity index is 751. The molecular formula is C13H17ClN2O7S. The molecule has 1 aromatic rings. The Morgan fingerprint density at radius 1 is 1.46 bits per heavy atom. The number of aliphatic hydroxyl groups is 1. The molecule has 1 aromatic carbocycles. The van der Waals surface area contributed by atoms with E-state index in [0.717, 1.165) is 16.4 Å². The highest BCUT2D eigenvalue weighted by molar-refractivity contribution is 7.89. The van der Waals surface area contributed by atoms with Crippen molar-refractivity contribution in [3.05, 3.63) is 32.8 Å². The van der Waals surface area contributed by atoms with Gasteiger partial charge in [0.1, 0.15) is 4.90 Å². The van der Waals surface area contributed by atoms with Gasteiger partial charge in [0.15, 0.2) is 0 Å². The minimum absolute atomic E-state index is 0.191. The number of aliphatic hydroxyl groups excluding tert-OH is 1. The molecule has 0 saturated heterocycles. The molecule has 0 aromatic heterocycles. The Balaban J connectivity index is 3.46. The van der Waals surface area contributed by atoms with Gasteiger partial charge in [-0.05, 0) is 19.9 Å². The van der Waals surface area contributed by atoms with E-state index in [-0.39, 0.29) is 17.1 Å². The van der Waals surface area contributed by atoms with E-state index >= 15 is 0 Å². The Kier molecular flexibility index (Phi) is 6.67. The first kappa shape index (κ1) is 20.3. The van der Waals surface area contributed by atoms with Gasteiger partial charge in [-0.1, -0.05) is 11.6 Å². The summed E-state index contributed by atoms with van der Waals surface area (Å²) in [6, 6.07) is 1.02. The van der Waals surface area contributed by atoms with E-state index in [1.54, 1.807) is 0 Å². The average molecular weight is 381 g/mol. The van der Waals surface area contributed by atoms with Crippen LogP contribution in [-0.2, 0) is 14.8 Å². The normalized spacial score (nSPS) is 13.0. The van der Waals surface area contributed by atoms with E-state index in [0.29, 0.717) is 0 Å². The molecule has 2 N–H and O–H groups in total. The molecule has 9 nitrogen and oxygen atoms in total. The number of halogens is 1. The quantitative estimate of drug-likeness (QED) is 0.513. The van der Waals surface area contributed by atoms with Crippen molar-refractivity contribution in [2.75, 3.05) is 13.2 Å². The van der Waals surface area contributed by atoms with Crippen molar-refractivity contribution in [1.29, 1.82) is 0 Å². The summed E-state index contributed by atoms with van der Waals surface area (Å²) in [6.07, 6.45) is -0.495. The van der Waals surface area contributed by atoms with Crippen LogP contribution in [0.15, 0.2) is 17.0 Å². The van der Waals surface area contributed by atoms with Gasteiger partial charge in [-0.3, -0.25) is 14.9 Å². The first-order valence-corrected chi connectivity index (χ1v) is 8.63. The number of nitrogens with zero attached hydrogens (tertiary/aromatic N) is 2. The first-order chi connectivity index (χ1) is 11.0. The SMILES string of the molecule is Cc1cc(Cl)c(S(=O)(=O)N(CCO)C(C)CC(=O)O)cc1[N+](=O)[O-]. The molecule has 134 valence electrons. The molecule has 0 aliphatic carbocycles. The minimum atomic E-state index is -4.34. The zero-order chi connectivity index (χ0) is 18.7. The molecule has 0 amide bonds. The molecule has 0 spiro atoms. The molecule has 0 radical (unpaired) electrons. The van der Waals surface area contributed by atoms with Crippen LogP contribution in [0.2, 0.25) is 5.02 Å². The number of carboxylic acids is 1. The number of sulfonamides is 1. The standard InChI is InChI=1S/C13H17ClN2O7S/c1-8-5-10(14)12(7-11(8)16(20)21)24(22,23)15(3-4-17)9(2)6-13(18)19/h5,7,9,17H,3-4,6H2,1-2H3,(H,18,19). The number of carboxylic acid groups (broad SMARTS) is 1. The van der Waals surface area contributed by atoms with Crippen LogP contribution in [0.3, 0.4) is 0 Å². The predicted octanol–water partition coefficient (Wildman–Crippen LogP) is 1.40. The fourth-order valence-corrected chi connectivity index (χ4v) is 4.39. The Labute approximate surface area is 143 Å². The van der Waals surface area contributed by atoms with Crippen LogP contribution in [0, 0.1) is 17.0 Å². The van der Waals surface area contributed by atoms with Crippen LogP contribution < -0.4 is 0 Å². The number of nitro groups is 1. The van der Waals surface area contributed by atoms with Crippen LogP contribution >= 0.6 is 11.6 Å². The van der Waals surface area contributed by atoms with Gasteiger partial charge in [-0.15, -0.1) is 0 Å². The largest absolute Gasteiger partial charge is 0.481 e. The van der Waals surface area contributed by atoms with Crippen molar-refractivity contribution in [2.45, 2.75) is 31.2 Å². The van der Waals surface area contributed by atoms with Crippen molar-refractivity contribution in [3.63, 3.8) is 0 Å². The fraction of sp³-hybridized carbons (Fsp3) is 0.462. The maximum atomic E-state index is 12.8. The molecule has 1 atom stereocenters. The summed E-state index contributed by atoms with van der Waals surface area (Å²) in [5.74, 6) is -1.22. The third kappa shape index (κ3) is 4.41. The lowest BCUT2D eigenvalue weighted by atomic mass is 10.2. The van der Waals surface area contributed by atoms with Gasteiger partial charge < -0.3 is 10.2 Å². The molecule has 1 rings (SSSR count). The average Bonchev–Trinajstić information content (AvgIpc) is 2.42. The fourth-order valence-electron chi connectivity index (χ4n) is 2.19. The van der Waals surface area contributed by atoms with E-state index in [1.807, 2.05) is 0 Å². The highest BCUT2D eigenvalue weighted by Gasteiger charge is 2.33. The lowest BCUT2D eigenvalue weighted by molar-refractivity contribution is -0.385. The van der Waals surface area contributed by atoms with E-state index < -0.39 is 50.6 Å². The number of carbonyl (C=O) groups is 1. The maximum Gasteiger partial charge on any atom is 0.304 e. The number of hydrogen-bond donors (Lipinski definition) is 2. The third-order valence-corrected chi connectivity index (χ3v) is 5.79. The van der Waals surface area contributed by atoms with E-state index in [4.69, 9.17) is 21.8 Å². The summed E-state index contributed by atoms with van der Waals surface area (Å²) >= 11 is 5.94. The van der Waals surface area contributed by atoms with Gasteiger partial charge in [0.25, 0.3) is 5.69 Å². The number of nitro benzene ring substituents is 1. The summed E-state index contributed by atoms with van der Waals surface area (Å²) in [5.41, 5.74) is -0.232. The van der Waals surface area contributed by atoms with Crippen molar-refractivity contribution in [2.24, 2.45) is 0 Å². The summed E-state index contributed by atoms with van der Waals surface area (Å²) < 4.78 is 26.3. The van der Waals surface area contributed by atoms with Gasteiger partial charge in [0.2, 0.25) is 10.0 Å². The monoisotopic (exact) mass is 380 g/mol. The number of hydrogen-bond acceptors (Lipinski definition) is 6.